The van der Waals surface area contributed by atoms with Gasteiger partial charge in [-0.15, -0.1) is 0 Å². The van der Waals surface area contributed by atoms with E-state index in [1.54, 1.807) is 6.08 Å². The van der Waals surface area contributed by atoms with Gasteiger partial charge in [0.1, 0.15) is 0 Å². The van der Waals surface area contributed by atoms with Crippen molar-refractivity contribution < 1.29 is 9.53 Å². The lowest BCUT2D eigenvalue weighted by atomic mass is 9.77. The Labute approximate surface area is 138 Å². The molecule has 3 rings (SSSR count). The van der Waals surface area contributed by atoms with Gasteiger partial charge in [-0.25, -0.2) is 4.79 Å². The first-order chi connectivity index (χ1) is 11.2. The molecule has 3 nitrogen and oxygen atoms in total. The lowest BCUT2D eigenvalue weighted by Crippen LogP contribution is -2.38. The van der Waals surface area contributed by atoms with Crippen LogP contribution in [0.15, 0.2) is 54.1 Å². The largest absolute Gasteiger partial charge is 0.463 e. The molecular weight excluding hydrogens is 286 g/mol. The van der Waals surface area contributed by atoms with Crippen molar-refractivity contribution >= 4 is 5.97 Å². The number of hydrogen-bond donors (Lipinski definition) is 0. The number of likely N-dealkylation sites (tertiary alicyclic amines) is 1. The molecule has 0 unspecified atom stereocenters. The fraction of sp³-hybridized carbons (Fsp3) is 0.450. The van der Waals surface area contributed by atoms with E-state index in [9.17, 15) is 4.79 Å². The number of esters is 1. The maximum Gasteiger partial charge on any atom is 0.331 e. The molecule has 0 bridgehead atoms. The third kappa shape index (κ3) is 4.11. The topological polar surface area (TPSA) is 29.5 Å². The van der Waals surface area contributed by atoms with Crippen LogP contribution in [0.2, 0.25) is 0 Å². The van der Waals surface area contributed by atoms with Crippen LogP contribution < -0.4 is 0 Å². The van der Waals surface area contributed by atoms with Crippen LogP contribution in [0.3, 0.4) is 0 Å². The van der Waals surface area contributed by atoms with Crippen molar-refractivity contribution in [2.45, 2.75) is 32.7 Å². The Morgan fingerprint density at radius 1 is 1.26 bits per heavy atom. The Bertz CT molecular complexity index is 595. The van der Waals surface area contributed by atoms with Crippen molar-refractivity contribution in [3.05, 3.63) is 59.7 Å². The van der Waals surface area contributed by atoms with Gasteiger partial charge in [-0.1, -0.05) is 42.5 Å². The number of carbonyl (C=O) groups is 1. The molecule has 122 valence electrons. The van der Waals surface area contributed by atoms with E-state index < -0.39 is 0 Å². The number of rotatable bonds is 4. The first-order valence-electron chi connectivity index (χ1n) is 8.52. The third-order valence-electron chi connectivity index (χ3n) is 4.90. The molecule has 1 heterocycles. The monoisotopic (exact) mass is 311 g/mol. The van der Waals surface area contributed by atoms with Crippen molar-refractivity contribution in [1.82, 2.24) is 4.90 Å². The zero-order valence-corrected chi connectivity index (χ0v) is 13.8. The molecule has 0 amide bonds. The van der Waals surface area contributed by atoms with Crippen LogP contribution in [0.4, 0.5) is 0 Å². The number of ether oxygens (including phenoxy) is 1. The SMILES string of the molecule is CCOC(=O)/C=C1\C=CC2(CCN(Cc3ccccc3)CC2)C1. The molecule has 1 aliphatic heterocycles. The van der Waals surface area contributed by atoms with Gasteiger partial charge in [-0.05, 0) is 55.8 Å². The van der Waals surface area contributed by atoms with E-state index in [2.05, 4.69) is 47.4 Å². The Kier molecular flexibility index (Phi) is 4.97. The highest BCUT2D eigenvalue weighted by Gasteiger charge is 2.35. The van der Waals surface area contributed by atoms with Crippen LogP contribution >= 0.6 is 0 Å². The molecule has 1 aliphatic carbocycles. The van der Waals surface area contributed by atoms with Gasteiger partial charge in [0.2, 0.25) is 0 Å². The van der Waals surface area contributed by atoms with E-state index in [0.29, 0.717) is 6.61 Å². The molecular formula is C20H25NO2. The Hall–Kier alpha value is -1.87. The van der Waals surface area contributed by atoms with Crippen LogP contribution in [-0.2, 0) is 16.1 Å². The summed E-state index contributed by atoms with van der Waals surface area (Å²) in [4.78, 5) is 14.1. The normalized spacial score (nSPS) is 21.9. The predicted molar refractivity (Wildman–Crippen MR) is 91.9 cm³/mol. The quantitative estimate of drug-likeness (QED) is 0.627. The van der Waals surface area contributed by atoms with Crippen LogP contribution in [0.5, 0.6) is 0 Å². The zero-order valence-electron chi connectivity index (χ0n) is 13.8. The third-order valence-corrected chi connectivity index (χ3v) is 4.90. The van der Waals surface area contributed by atoms with Crippen molar-refractivity contribution in [3.8, 4) is 0 Å². The molecule has 1 aromatic rings. The minimum atomic E-state index is -0.217. The van der Waals surface area contributed by atoms with Crippen LogP contribution in [0, 0.1) is 5.41 Å². The maximum absolute atomic E-state index is 11.6. The van der Waals surface area contributed by atoms with Crippen molar-refractivity contribution in [3.63, 3.8) is 0 Å². The summed E-state index contributed by atoms with van der Waals surface area (Å²) in [6, 6.07) is 10.7. The molecule has 2 aliphatic rings. The van der Waals surface area contributed by atoms with Gasteiger partial charge in [0.25, 0.3) is 0 Å². The maximum atomic E-state index is 11.6. The van der Waals surface area contributed by atoms with E-state index in [1.165, 1.54) is 5.56 Å². The zero-order chi connectivity index (χ0) is 16.1. The van der Waals surface area contributed by atoms with E-state index in [1.807, 2.05) is 6.92 Å². The number of allylic oxidation sites excluding steroid dienone is 3. The van der Waals surface area contributed by atoms with Crippen molar-refractivity contribution in [1.29, 1.82) is 0 Å². The van der Waals surface area contributed by atoms with Crippen molar-refractivity contribution in [2.24, 2.45) is 5.41 Å². The Balaban J connectivity index is 1.53. The number of benzene rings is 1. The molecule has 23 heavy (non-hydrogen) atoms. The van der Waals surface area contributed by atoms with Crippen molar-refractivity contribution in [2.75, 3.05) is 19.7 Å². The molecule has 0 aromatic heterocycles. The Morgan fingerprint density at radius 2 is 2.00 bits per heavy atom. The summed E-state index contributed by atoms with van der Waals surface area (Å²) >= 11 is 0. The Morgan fingerprint density at radius 3 is 2.70 bits per heavy atom. The average Bonchev–Trinajstić information content (AvgIpc) is 2.94. The number of carbonyl (C=O) groups excluding carboxylic acids is 1. The van der Waals surface area contributed by atoms with E-state index in [-0.39, 0.29) is 11.4 Å². The average molecular weight is 311 g/mol. The molecule has 0 radical (unpaired) electrons. The second-order valence-electron chi connectivity index (χ2n) is 6.61. The summed E-state index contributed by atoms with van der Waals surface area (Å²) in [6.45, 7) is 5.54. The minimum absolute atomic E-state index is 0.217. The second kappa shape index (κ2) is 7.14. The van der Waals surface area contributed by atoms with Gasteiger partial charge < -0.3 is 4.74 Å². The highest BCUT2D eigenvalue weighted by atomic mass is 16.5. The molecule has 0 saturated carbocycles. The molecule has 0 N–H and O–H groups in total. The summed E-state index contributed by atoms with van der Waals surface area (Å²) in [6.07, 6.45) is 9.39. The fourth-order valence-corrected chi connectivity index (χ4v) is 3.58. The molecule has 1 fully saturated rings. The van der Waals surface area contributed by atoms with Gasteiger partial charge in [-0.3, -0.25) is 4.90 Å². The first kappa shape index (κ1) is 16.0. The van der Waals surface area contributed by atoms with E-state index in [0.717, 1.165) is 44.5 Å². The lowest BCUT2D eigenvalue weighted by Gasteiger charge is -2.38. The van der Waals surface area contributed by atoms with Gasteiger partial charge in [0.05, 0.1) is 6.61 Å². The number of piperidine rings is 1. The van der Waals surface area contributed by atoms with Crippen LogP contribution in [0.1, 0.15) is 31.7 Å². The smallest absolute Gasteiger partial charge is 0.331 e. The summed E-state index contributed by atoms with van der Waals surface area (Å²) in [5, 5.41) is 0. The number of hydrogen-bond acceptors (Lipinski definition) is 3. The standard InChI is InChI=1S/C20H25NO2/c1-2-23-19(22)14-18-8-9-20(15-18)10-12-21(13-11-20)16-17-6-4-3-5-7-17/h3-9,14H,2,10-13,15-16H2,1H3/b18-14+. The molecule has 1 saturated heterocycles. The second-order valence-corrected chi connectivity index (χ2v) is 6.61. The highest BCUT2D eigenvalue weighted by Crippen LogP contribution is 2.44. The molecule has 0 atom stereocenters. The molecule has 1 spiro atoms. The van der Waals surface area contributed by atoms with Gasteiger partial charge >= 0.3 is 5.97 Å². The van der Waals surface area contributed by atoms with Crippen LogP contribution in [0.25, 0.3) is 0 Å². The van der Waals surface area contributed by atoms with Gasteiger partial charge in [0.15, 0.2) is 0 Å². The number of nitrogens with zero attached hydrogens (tertiary/aromatic N) is 1. The lowest BCUT2D eigenvalue weighted by molar-refractivity contribution is -0.137. The summed E-state index contributed by atoms with van der Waals surface area (Å²) in [7, 11) is 0. The van der Waals surface area contributed by atoms with Crippen LogP contribution in [-0.4, -0.2) is 30.6 Å². The molecule has 1 aromatic carbocycles. The van der Waals surface area contributed by atoms with E-state index in [4.69, 9.17) is 4.74 Å². The van der Waals surface area contributed by atoms with Gasteiger partial charge in [-0.2, -0.15) is 0 Å². The summed E-state index contributed by atoms with van der Waals surface area (Å²) < 4.78 is 5.01. The predicted octanol–water partition coefficient (Wildman–Crippen LogP) is 3.72. The summed E-state index contributed by atoms with van der Waals surface area (Å²) in [5.41, 5.74) is 2.75. The minimum Gasteiger partial charge on any atom is -0.463 e. The van der Waals surface area contributed by atoms with E-state index >= 15 is 0 Å². The molecule has 3 heteroatoms. The highest BCUT2D eigenvalue weighted by molar-refractivity contribution is 5.83. The fourth-order valence-electron chi connectivity index (χ4n) is 3.58. The summed E-state index contributed by atoms with van der Waals surface area (Å²) in [5.74, 6) is -0.217. The van der Waals surface area contributed by atoms with Gasteiger partial charge in [0, 0.05) is 12.6 Å². The first-order valence-corrected chi connectivity index (χ1v) is 8.52.